The normalized spacial score (nSPS) is 11.7. The third-order valence-electron chi connectivity index (χ3n) is 4.61. The quantitative estimate of drug-likeness (QED) is 0.501. The van der Waals surface area contributed by atoms with Gasteiger partial charge in [-0.1, -0.05) is 24.3 Å². The molecule has 0 aliphatic rings. The first-order valence-electron chi connectivity index (χ1n) is 9.47. The summed E-state index contributed by atoms with van der Waals surface area (Å²) in [7, 11) is 1.94. The van der Waals surface area contributed by atoms with Gasteiger partial charge in [0, 0.05) is 17.8 Å². The summed E-state index contributed by atoms with van der Waals surface area (Å²) < 4.78 is 15.1. The van der Waals surface area contributed by atoms with Gasteiger partial charge < -0.3 is 10.4 Å². The van der Waals surface area contributed by atoms with Crippen molar-refractivity contribution in [3.05, 3.63) is 84.4 Å². The maximum Gasteiger partial charge on any atom is 0.317 e. The summed E-state index contributed by atoms with van der Waals surface area (Å²) >= 11 is 0. The van der Waals surface area contributed by atoms with Crippen molar-refractivity contribution in [3.63, 3.8) is 0 Å². The molecule has 3 aromatic rings. The second-order valence-electron chi connectivity index (χ2n) is 6.98. The molecule has 0 fully saturated rings. The summed E-state index contributed by atoms with van der Waals surface area (Å²) in [6.07, 6.45) is 4.11. The van der Waals surface area contributed by atoms with E-state index in [-0.39, 0.29) is 24.7 Å². The third kappa shape index (κ3) is 5.96. The molecule has 1 heterocycles. The molecule has 0 radical (unpaired) electrons. The summed E-state index contributed by atoms with van der Waals surface area (Å²) in [4.78, 5) is 23.8. The smallest absolute Gasteiger partial charge is 0.317 e. The molecule has 154 valence electrons. The Hall–Kier alpha value is -3.58. The Bertz CT molecular complexity index is 1020. The van der Waals surface area contributed by atoms with Crippen LogP contribution in [0.1, 0.15) is 5.56 Å². The standard InChI is InChI=1S/C23H22FN3O3/c1-27-11-9-17(10-12-27)18-3-2-4-20(14-18)26-23(30)21(25-15-22(28)29)13-16-5-7-19(24)8-6-16/h2-12,14,21,25H,13,15H2,1H3,(H-,26,28,29,30)/p+1. The fourth-order valence-electron chi connectivity index (χ4n) is 3.02. The average molecular weight is 408 g/mol. The lowest BCUT2D eigenvalue weighted by molar-refractivity contribution is -0.671. The second-order valence-corrected chi connectivity index (χ2v) is 6.98. The highest BCUT2D eigenvalue weighted by atomic mass is 19.1. The molecule has 6 nitrogen and oxygen atoms in total. The number of carboxylic acids is 1. The SMILES string of the molecule is C[n+]1ccc(-c2cccc(NC(=O)C(Cc3ccc(F)cc3)NCC(=O)O)c2)cc1. The highest BCUT2D eigenvalue weighted by molar-refractivity contribution is 5.95. The van der Waals surface area contributed by atoms with Crippen LogP contribution in [-0.2, 0) is 23.1 Å². The van der Waals surface area contributed by atoms with Crippen LogP contribution in [0.3, 0.4) is 0 Å². The molecule has 3 rings (SSSR count). The van der Waals surface area contributed by atoms with Crippen LogP contribution in [0.4, 0.5) is 10.1 Å². The van der Waals surface area contributed by atoms with Gasteiger partial charge in [0.25, 0.3) is 0 Å². The average Bonchev–Trinajstić information content (AvgIpc) is 2.73. The van der Waals surface area contributed by atoms with E-state index >= 15 is 0 Å². The Morgan fingerprint density at radius 3 is 2.40 bits per heavy atom. The van der Waals surface area contributed by atoms with Gasteiger partial charge in [-0.15, -0.1) is 0 Å². The number of pyridine rings is 1. The largest absolute Gasteiger partial charge is 0.480 e. The second kappa shape index (κ2) is 9.76. The first kappa shape index (κ1) is 21.1. The van der Waals surface area contributed by atoms with Crippen molar-refractivity contribution in [2.24, 2.45) is 7.05 Å². The zero-order chi connectivity index (χ0) is 21.5. The Morgan fingerprint density at radius 2 is 1.73 bits per heavy atom. The van der Waals surface area contributed by atoms with Crippen molar-refractivity contribution >= 4 is 17.6 Å². The monoisotopic (exact) mass is 408 g/mol. The Balaban J connectivity index is 1.75. The molecule has 1 aromatic heterocycles. The van der Waals surface area contributed by atoms with Gasteiger partial charge in [0.15, 0.2) is 12.4 Å². The minimum Gasteiger partial charge on any atom is -0.480 e. The lowest BCUT2D eigenvalue weighted by Crippen LogP contribution is -2.44. The summed E-state index contributed by atoms with van der Waals surface area (Å²) in [5.74, 6) is -1.80. The van der Waals surface area contributed by atoms with E-state index in [1.54, 1.807) is 18.2 Å². The number of nitrogens with one attached hydrogen (secondary N) is 2. The lowest BCUT2D eigenvalue weighted by Gasteiger charge is -2.18. The zero-order valence-corrected chi connectivity index (χ0v) is 16.5. The van der Waals surface area contributed by atoms with Crippen LogP contribution in [-0.4, -0.2) is 29.6 Å². The number of benzene rings is 2. The molecule has 0 saturated carbocycles. The summed E-state index contributed by atoms with van der Waals surface area (Å²) in [6.45, 7) is -0.361. The first-order chi connectivity index (χ1) is 14.4. The molecule has 0 aliphatic heterocycles. The number of nitrogens with zero attached hydrogens (tertiary/aromatic N) is 1. The number of hydrogen-bond donors (Lipinski definition) is 3. The number of carbonyl (C=O) groups excluding carboxylic acids is 1. The van der Waals surface area contributed by atoms with Crippen LogP contribution < -0.4 is 15.2 Å². The molecule has 1 atom stereocenters. The number of aromatic nitrogens is 1. The Labute approximate surface area is 174 Å². The number of carboxylic acid groups (broad SMARTS) is 1. The van der Waals surface area contributed by atoms with E-state index in [2.05, 4.69) is 10.6 Å². The summed E-state index contributed by atoms with van der Waals surface area (Å²) in [5, 5.41) is 14.6. The Morgan fingerprint density at radius 1 is 1.03 bits per heavy atom. The van der Waals surface area contributed by atoms with Crippen molar-refractivity contribution in [2.75, 3.05) is 11.9 Å². The molecule has 0 spiro atoms. The maximum atomic E-state index is 13.2. The molecule has 3 N–H and O–H groups in total. The van der Waals surface area contributed by atoms with Crippen molar-refractivity contribution < 1.29 is 23.7 Å². The van der Waals surface area contributed by atoms with Crippen LogP contribution in [0.5, 0.6) is 0 Å². The van der Waals surface area contributed by atoms with E-state index in [0.717, 1.165) is 16.7 Å². The van der Waals surface area contributed by atoms with E-state index in [1.165, 1.54) is 12.1 Å². The molecule has 30 heavy (non-hydrogen) atoms. The van der Waals surface area contributed by atoms with Crippen LogP contribution in [0.25, 0.3) is 11.1 Å². The highest BCUT2D eigenvalue weighted by Gasteiger charge is 2.20. The molecular formula is C23H23FN3O3+. The predicted molar refractivity (Wildman–Crippen MR) is 111 cm³/mol. The minimum atomic E-state index is -1.06. The van der Waals surface area contributed by atoms with E-state index in [0.29, 0.717) is 5.69 Å². The number of hydrogen-bond acceptors (Lipinski definition) is 3. The fraction of sp³-hybridized carbons (Fsp3) is 0.174. The van der Waals surface area contributed by atoms with Gasteiger partial charge in [-0.05, 0) is 47.4 Å². The number of rotatable bonds is 8. The molecule has 1 amide bonds. The van der Waals surface area contributed by atoms with Crippen molar-refractivity contribution in [3.8, 4) is 11.1 Å². The van der Waals surface area contributed by atoms with Gasteiger partial charge in [0.05, 0.1) is 12.6 Å². The van der Waals surface area contributed by atoms with E-state index in [4.69, 9.17) is 5.11 Å². The van der Waals surface area contributed by atoms with Crippen LogP contribution in [0, 0.1) is 5.82 Å². The van der Waals surface area contributed by atoms with Crippen LogP contribution in [0.15, 0.2) is 73.1 Å². The van der Waals surface area contributed by atoms with Crippen molar-refractivity contribution in [2.45, 2.75) is 12.5 Å². The summed E-state index contributed by atoms with van der Waals surface area (Å²) in [5.41, 5.74) is 3.28. The van der Waals surface area contributed by atoms with Crippen LogP contribution in [0.2, 0.25) is 0 Å². The van der Waals surface area contributed by atoms with Crippen molar-refractivity contribution in [1.82, 2.24) is 5.32 Å². The van der Waals surface area contributed by atoms with E-state index < -0.39 is 12.0 Å². The number of halogens is 1. The topological polar surface area (TPSA) is 82.3 Å². The highest BCUT2D eigenvalue weighted by Crippen LogP contribution is 2.22. The number of amides is 1. The Kier molecular flexibility index (Phi) is 6.87. The molecule has 0 saturated heterocycles. The zero-order valence-electron chi connectivity index (χ0n) is 16.5. The fourth-order valence-corrected chi connectivity index (χ4v) is 3.02. The first-order valence-corrected chi connectivity index (χ1v) is 9.47. The number of aliphatic carboxylic acids is 1. The summed E-state index contributed by atoms with van der Waals surface area (Å²) in [6, 6.07) is 16.4. The molecule has 1 unspecified atom stereocenters. The van der Waals surface area contributed by atoms with Crippen molar-refractivity contribution in [1.29, 1.82) is 0 Å². The number of aryl methyl sites for hydroxylation is 1. The van der Waals surface area contributed by atoms with Gasteiger partial charge in [-0.2, -0.15) is 0 Å². The number of carbonyl (C=O) groups is 2. The molecule has 0 bridgehead atoms. The van der Waals surface area contributed by atoms with E-state index in [9.17, 15) is 14.0 Å². The van der Waals surface area contributed by atoms with Gasteiger partial charge in [-0.3, -0.25) is 14.9 Å². The molecule has 7 heteroatoms. The maximum absolute atomic E-state index is 13.2. The van der Waals surface area contributed by atoms with Crippen LogP contribution >= 0.6 is 0 Å². The van der Waals surface area contributed by atoms with E-state index in [1.807, 2.05) is 54.3 Å². The number of anilines is 1. The molecule has 0 aliphatic carbocycles. The van der Waals surface area contributed by atoms with Gasteiger partial charge >= 0.3 is 5.97 Å². The minimum absolute atomic E-state index is 0.230. The third-order valence-corrected chi connectivity index (χ3v) is 4.61. The van der Waals surface area contributed by atoms with Gasteiger partial charge in [0.2, 0.25) is 5.91 Å². The van der Waals surface area contributed by atoms with Gasteiger partial charge in [-0.25, -0.2) is 8.96 Å². The lowest BCUT2D eigenvalue weighted by atomic mass is 10.0. The van der Waals surface area contributed by atoms with Gasteiger partial charge in [0.1, 0.15) is 12.9 Å². The molecule has 2 aromatic carbocycles. The predicted octanol–water partition coefficient (Wildman–Crippen LogP) is 2.54. The molecular weight excluding hydrogens is 385 g/mol.